The average molecular weight is 334 g/mol. The minimum Gasteiger partial charge on any atom is -0.489 e. The lowest BCUT2D eigenvalue weighted by Gasteiger charge is -2.17. The molecule has 24 heavy (non-hydrogen) atoms. The number of aromatic nitrogens is 1. The van der Waals surface area contributed by atoms with Gasteiger partial charge in [-0.1, -0.05) is 0 Å². The zero-order valence-corrected chi connectivity index (χ0v) is 14.4. The van der Waals surface area contributed by atoms with Crippen molar-refractivity contribution >= 4 is 5.96 Å². The topological polar surface area (TPSA) is 71.7 Å². The van der Waals surface area contributed by atoms with E-state index in [1.807, 2.05) is 20.8 Å². The van der Waals surface area contributed by atoms with Gasteiger partial charge < -0.3 is 19.8 Å². The van der Waals surface area contributed by atoms with Gasteiger partial charge in [-0.15, -0.1) is 0 Å². The predicted octanol–water partition coefficient (Wildman–Crippen LogP) is 2.56. The summed E-state index contributed by atoms with van der Waals surface area (Å²) in [6.45, 7) is 6.70. The zero-order valence-electron chi connectivity index (χ0n) is 14.4. The Labute approximate surface area is 141 Å². The van der Waals surface area contributed by atoms with E-state index >= 15 is 0 Å². The maximum absolute atomic E-state index is 12.9. The largest absolute Gasteiger partial charge is 0.489 e. The van der Waals surface area contributed by atoms with Crippen LogP contribution < -0.4 is 15.4 Å². The number of oxazole rings is 1. The number of aliphatic imine (C=N–C) groups is 1. The highest BCUT2D eigenvalue weighted by atomic mass is 19.1. The van der Waals surface area contributed by atoms with E-state index in [2.05, 4.69) is 20.6 Å². The summed E-state index contributed by atoms with van der Waals surface area (Å²) in [4.78, 5) is 8.45. The van der Waals surface area contributed by atoms with E-state index in [1.165, 1.54) is 12.1 Å². The molecule has 0 saturated heterocycles. The summed E-state index contributed by atoms with van der Waals surface area (Å²) in [6.07, 6.45) is -0.111. The molecule has 2 N–H and O–H groups in total. The van der Waals surface area contributed by atoms with E-state index in [4.69, 9.17) is 9.15 Å². The Bertz CT molecular complexity index is 663. The molecule has 1 aromatic carbocycles. The second kappa shape index (κ2) is 8.33. The highest BCUT2D eigenvalue weighted by Crippen LogP contribution is 2.12. The van der Waals surface area contributed by atoms with Crippen LogP contribution >= 0.6 is 0 Å². The van der Waals surface area contributed by atoms with Crippen molar-refractivity contribution in [1.29, 1.82) is 0 Å². The van der Waals surface area contributed by atoms with Crippen molar-refractivity contribution in [3.63, 3.8) is 0 Å². The summed E-state index contributed by atoms with van der Waals surface area (Å²) >= 11 is 0. The van der Waals surface area contributed by atoms with Crippen LogP contribution in [0.3, 0.4) is 0 Å². The monoisotopic (exact) mass is 334 g/mol. The van der Waals surface area contributed by atoms with Gasteiger partial charge in [-0.2, -0.15) is 0 Å². The number of nitrogens with one attached hydrogen (secondary N) is 2. The fraction of sp³-hybridized carbons (Fsp3) is 0.412. The van der Waals surface area contributed by atoms with Gasteiger partial charge in [0.05, 0.1) is 18.8 Å². The molecule has 0 aliphatic heterocycles. The van der Waals surface area contributed by atoms with Crippen molar-refractivity contribution in [1.82, 2.24) is 15.6 Å². The van der Waals surface area contributed by atoms with Crippen LogP contribution in [0, 0.1) is 19.7 Å². The third kappa shape index (κ3) is 5.26. The molecule has 7 heteroatoms. The van der Waals surface area contributed by atoms with Crippen LogP contribution in [0.25, 0.3) is 0 Å². The summed E-state index contributed by atoms with van der Waals surface area (Å²) in [5.74, 6) is 2.40. The molecule has 0 radical (unpaired) electrons. The van der Waals surface area contributed by atoms with E-state index in [9.17, 15) is 4.39 Å². The number of aryl methyl sites for hydroxylation is 2. The van der Waals surface area contributed by atoms with Crippen LogP contribution in [0.15, 0.2) is 33.7 Å². The van der Waals surface area contributed by atoms with E-state index in [0.717, 1.165) is 11.5 Å². The van der Waals surface area contributed by atoms with Gasteiger partial charge in [0, 0.05) is 7.05 Å². The number of guanidine groups is 1. The minimum absolute atomic E-state index is 0.111. The quantitative estimate of drug-likeness (QED) is 0.627. The molecule has 1 heterocycles. The van der Waals surface area contributed by atoms with E-state index in [0.29, 0.717) is 30.7 Å². The number of rotatable bonds is 6. The number of hydrogen-bond donors (Lipinski definition) is 2. The number of hydrogen-bond acceptors (Lipinski definition) is 4. The first-order valence-electron chi connectivity index (χ1n) is 7.77. The van der Waals surface area contributed by atoms with Gasteiger partial charge in [0.2, 0.25) is 5.89 Å². The second-order valence-corrected chi connectivity index (χ2v) is 5.44. The lowest BCUT2D eigenvalue weighted by atomic mass is 10.3. The Kier molecular flexibility index (Phi) is 6.17. The predicted molar refractivity (Wildman–Crippen MR) is 90.7 cm³/mol. The first kappa shape index (κ1) is 17.8. The Morgan fingerprint density at radius 1 is 1.29 bits per heavy atom. The summed E-state index contributed by atoms with van der Waals surface area (Å²) in [6, 6.07) is 5.95. The summed E-state index contributed by atoms with van der Waals surface area (Å²) in [5, 5.41) is 6.29. The van der Waals surface area contributed by atoms with Crippen LogP contribution in [-0.2, 0) is 6.54 Å². The molecular formula is C17H23FN4O2. The molecule has 0 aliphatic carbocycles. The lowest BCUT2D eigenvalue weighted by Crippen LogP contribution is -2.41. The standard InChI is InChI=1S/C17H23FN4O2/c1-11(23-15-7-5-14(18)6-8-15)9-20-17(19-4)21-10-16-22-12(2)13(3)24-16/h5-8,11H,9-10H2,1-4H3,(H2,19,20,21). The molecule has 0 bridgehead atoms. The first-order chi connectivity index (χ1) is 11.5. The van der Waals surface area contributed by atoms with Crippen LogP contribution in [0.2, 0.25) is 0 Å². The van der Waals surface area contributed by atoms with Crippen LogP contribution in [-0.4, -0.2) is 30.6 Å². The van der Waals surface area contributed by atoms with Gasteiger partial charge in [-0.3, -0.25) is 4.99 Å². The second-order valence-electron chi connectivity index (χ2n) is 5.44. The normalized spacial score (nSPS) is 12.8. The van der Waals surface area contributed by atoms with Crippen molar-refractivity contribution in [3.8, 4) is 5.75 Å². The van der Waals surface area contributed by atoms with Gasteiger partial charge >= 0.3 is 0 Å². The van der Waals surface area contributed by atoms with Gasteiger partial charge in [0.1, 0.15) is 23.4 Å². The third-order valence-corrected chi connectivity index (χ3v) is 3.41. The Balaban J connectivity index is 1.77. The summed E-state index contributed by atoms with van der Waals surface area (Å²) in [7, 11) is 1.69. The Morgan fingerprint density at radius 2 is 2.00 bits per heavy atom. The molecular weight excluding hydrogens is 311 g/mol. The van der Waals surface area contributed by atoms with Gasteiger partial charge in [0.15, 0.2) is 5.96 Å². The Hall–Kier alpha value is -2.57. The van der Waals surface area contributed by atoms with Gasteiger partial charge in [0.25, 0.3) is 0 Å². The van der Waals surface area contributed by atoms with Crippen molar-refractivity contribution in [2.75, 3.05) is 13.6 Å². The van der Waals surface area contributed by atoms with Crippen LogP contribution in [0.1, 0.15) is 24.3 Å². The van der Waals surface area contributed by atoms with Crippen molar-refractivity contribution < 1.29 is 13.5 Å². The van der Waals surface area contributed by atoms with E-state index in [-0.39, 0.29) is 11.9 Å². The summed E-state index contributed by atoms with van der Waals surface area (Å²) < 4.78 is 24.1. The fourth-order valence-corrected chi connectivity index (χ4v) is 2.02. The van der Waals surface area contributed by atoms with Gasteiger partial charge in [-0.25, -0.2) is 9.37 Å². The lowest BCUT2D eigenvalue weighted by molar-refractivity contribution is 0.223. The molecule has 1 atom stereocenters. The molecule has 6 nitrogen and oxygen atoms in total. The molecule has 1 unspecified atom stereocenters. The summed E-state index contributed by atoms with van der Waals surface area (Å²) in [5.41, 5.74) is 0.885. The van der Waals surface area contributed by atoms with Crippen LogP contribution in [0.5, 0.6) is 5.75 Å². The maximum Gasteiger partial charge on any atom is 0.214 e. The molecule has 1 aromatic heterocycles. The molecule has 0 saturated carbocycles. The number of benzene rings is 1. The third-order valence-electron chi connectivity index (χ3n) is 3.41. The molecule has 0 aliphatic rings. The molecule has 2 rings (SSSR count). The molecule has 0 amide bonds. The average Bonchev–Trinajstić information content (AvgIpc) is 2.88. The number of ether oxygens (including phenoxy) is 1. The number of nitrogens with zero attached hydrogens (tertiary/aromatic N) is 2. The minimum atomic E-state index is -0.283. The molecule has 0 spiro atoms. The first-order valence-corrected chi connectivity index (χ1v) is 7.77. The molecule has 0 fully saturated rings. The highest BCUT2D eigenvalue weighted by Gasteiger charge is 2.08. The SMILES string of the molecule is CN=C(NCc1nc(C)c(C)o1)NCC(C)Oc1ccc(F)cc1. The zero-order chi connectivity index (χ0) is 17.5. The number of halogens is 1. The van der Waals surface area contributed by atoms with Crippen molar-refractivity contribution in [3.05, 3.63) is 47.4 Å². The van der Waals surface area contributed by atoms with Crippen LogP contribution in [0.4, 0.5) is 4.39 Å². The van der Waals surface area contributed by atoms with Crippen molar-refractivity contribution in [2.24, 2.45) is 4.99 Å². The molecule has 130 valence electrons. The highest BCUT2D eigenvalue weighted by molar-refractivity contribution is 5.79. The molecule has 2 aromatic rings. The van der Waals surface area contributed by atoms with E-state index < -0.39 is 0 Å². The Morgan fingerprint density at radius 3 is 2.58 bits per heavy atom. The van der Waals surface area contributed by atoms with Crippen molar-refractivity contribution in [2.45, 2.75) is 33.4 Å². The fourth-order valence-electron chi connectivity index (χ4n) is 2.02. The smallest absolute Gasteiger partial charge is 0.214 e. The van der Waals surface area contributed by atoms with Gasteiger partial charge in [-0.05, 0) is 45.0 Å². The maximum atomic E-state index is 12.9. The van der Waals surface area contributed by atoms with E-state index in [1.54, 1.807) is 19.2 Å².